The van der Waals surface area contributed by atoms with Crippen molar-refractivity contribution in [3.63, 3.8) is 0 Å². The fourth-order valence-electron chi connectivity index (χ4n) is 1.71. The molecule has 0 saturated heterocycles. The van der Waals surface area contributed by atoms with Crippen LogP contribution in [-0.2, 0) is 0 Å². The lowest BCUT2D eigenvalue weighted by Crippen LogP contribution is -1.79. The van der Waals surface area contributed by atoms with E-state index in [2.05, 4.69) is 64.1 Å². The Labute approximate surface area is 146 Å². The van der Waals surface area contributed by atoms with E-state index in [1.165, 1.54) is 32.0 Å². The lowest BCUT2D eigenvalue weighted by molar-refractivity contribution is 1.27. The van der Waals surface area contributed by atoms with Gasteiger partial charge in [0.05, 0.1) is 0 Å². The molecule has 0 atom stereocenters. The highest BCUT2D eigenvalue weighted by atomic mass is 33.8. The summed E-state index contributed by atoms with van der Waals surface area (Å²) in [6.07, 6.45) is 0. The molecule has 2 aromatic carbocycles. The Kier molecular flexibility index (Phi) is 7.29. The second-order valence-electron chi connectivity index (χ2n) is 4.91. The summed E-state index contributed by atoms with van der Waals surface area (Å²) in [5.74, 6) is 0. The van der Waals surface area contributed by atoms with Crippen LogP contribution >= 0.6 is 51.1 Å². The molecule has 0 N–H and O–H groups in total. The Bertz CT molecular complexity index is 556. The smallest absolute Gasteiger partial charge is 0.0223 e. The topological polar surface area (TPSA) is 0 Å². The third kappa shape index (κ3) is 5.71. The minimum Gasteiger partial charge on any atom is -0.0590 e. The first-order valence-corrected chi connectivity index (χ1v) is 12.7. The first-order valence-electron chi connectivity index (χ1n) is 6.55. The third-order valence-corrected chi connectivity index (χ3v) is 11.5. The van der Waals surface area contributed by atoms with Crippen molar-refractivity contribution in [3.8, 4) is 0 Å². The van der Waals surface area contributed by atoms with Crippen LogP contribution in [0.3, 0.4) is 0 Å². The van der Waals surface area contributed by atoms with Crippen LogP contribution in [0.25, 0.3) is 0 Å². The van der Waals surface area contributed by atoms with Crippen LogP contribution in [0.2, 0.25) is 0 Å². The predicted octanol–water partition coefficient (Wildman–Crippen LogP) is 7.66. The second-order valence-corrected chi connectivity index (χ2v) is 12.4. The van der Waals surface area contributed by atoms with Gasteiger partial charge in [-0.3, -0.25) is 0 Å². The Hall–Kier alpha value is 0.190. The van der Waals surface area contributed by atoms with E-state index >= 15 is 0 Å². The van der Waals surface area contributed by atoms with Gasteiger partial charge in [-0.05, 0) is 113 Å². The zero-order chi connectivity index (χ0) is 15.2. The quantitative estimate of drug-likeness (QED) is 0.377. The number of rotatable bonds is 6. The molecular weight excluding hydrogens is 353 g/mol. The number of benzene rings is 2. The number of hydrogen-bond donors (Lipinski definition) is 0. The zero-order valence-corrected chi connectivity index (χ0v) is 16.6. The van der Waals surface area contributed by atoms with Crippen LogP contribution in [-0.4, -0.2) is 0 Å². The van der Waals surface area contributed by atoms with Gasteiger partial charge in [-0.15, -0.1) is 0 Å². The van der Waals surface area contributed by atoms with Crippen LogP contribution in [0.5, 0.6) is 0 Å². The molecular formula is C16H18S5. The Balaban J connectivity index is 1.77. The summed E-state index contributed by atoms with van der Waals surface area (Å²) in [6.45, 7) is 8.63. The molecule has 0 aliphatic rings. The molecule has 0 fully saturated rings. The highest BCUT2D eigenvalue weighted by Crippen LogP contribution is 2.53. The SMILES string of the molecule is Cc1ccc(C)c(SSSSSc2cc(C)ccc2C)c1. The summed E-state index contributed by atoms with van der Waals surface area (Å²) in [7, 11) is 9.20. The van der Waals surface area contributed by atoms with Crippen LogP contribution in [0.4, 0.5) is 0 Å². The molecule has 0 amide bonds. The summed E-state index contributed by atoms with van der Waals surface area (Å²) < 4.78 is 0. The molecule has 21 heavy (non-hydrogen) atoms. The van der Waals surface area contributed by atoms with Crippen LogP contribution in [0.15, 0.2) is 46.2 Å². The zero-order valence-electron chi connectivity index (χ0n) is 12.5. The Morgan fingerprint density at radius 1 is 0.571 bits per heavy atom. The average molecular weight is 371 g/mol. The van der Waals surface area contributed by atoms with Gasteiger partial charge in [-0.2, -0.15) is 0 Å². The van der Waals surface area contributed by atoms with E-state index in [1.54, 1.807) is 0 Å². The lowest BCUT2D eigenvalue weighted by atomic mass is 10.2. The molecule has 112 valence electrons. The summed E-state index contributed by atoms with van der Waals surface area (Å²) in [5.41, 5.74) is 5.36. The molecule has 0 saturated carbocycles. The fraction of sp³-hybridized carbons (Fsp3) is 0.250. The minimum absolute atomic E-state index is 1.33. The molecule has 0 radical (unpaired) electrons. The van der Waals surface area contributed by atoms with Crippen molar-refractivity contribution in [1.29, 1.82) is 0 Å². The van der Waals surface area contributed by atoms with E-state index < -0.39 is 0 Å². The van der Waals surface area contributed by atoms with Crippen molar-refractivity contribution in [2.24, 2.45) is 0 Å². The largest absolute Gasteiger partial charge is 0.0590 e. The molecule has 0 aliphatic carbocycles. The van der Waals surface area contributed by atoms with Crippen molar-refractivity contribution in [3.05, 3.63) is 58.7 Å². The highest BCUT2D eigenvalue weighted by Gasteiger charge is 2.04. The van der Waals surface area contributed by atoms with Crippen molar-refractivity contribution >= 4 is 51.1 Å². The molecule has 0 nitrogen and oxygen atoms in total. The van der Waals surface area contributed by atoms with Gasteiger partial charge in [0.1, 0.15) is 0 Å². The maximum absolute atomic E-state index is 2.26. The van der Waals surface area contributed by atoms with Crippen LogP contribution < -0.4 is 0 Å². The molecule has 2 rings (SSSR count). The van der Waals surface area contributed by atoms with Crippen molar-refractivity contribution < 1.29 is 0 Å². The molecule has 5 heteroatoms. The first kappa shape index (κ1) is 17.5. The number of aryl methyl sites for hydroxylation is 4. The highest BCUT2D eigenvalue weighted by molar-refractivity contribution is 9.35. The van der Waals surface area contributed by atoms with Crippen molar-refractivity contribution in [1.82, 2.24) is 0 Å². The summed E-state index contributed by atoms with van der Waals surface area (Å²) in [4.78, 5) is 2.73. The van der Waals surface area contributed by atoms with E-state index in [0.29, 0.717) is 0 Å². The third-order valence-electron chi connectivity index (χ3n) is 2.99. The van der Waals surface area contributed by atoms with Gasteiger partial charge in [0.25, 0.3) is 0 Å². The average Bonchev–Trinajstić information content (AvgIpc) is 2.45. The number of hydrogen-bond acceptors (Lipinski definition) is 5. The van der Waals surface area contributed by atoms with Gasteiger partial charge in [0, 0.05) is 9.79 Å². The van der Waals surface area contributed by atoms with E-state index in [9.17, 15) is 0 Å². The lowest BCUT2D eigenvalue weighted by Gasteiger charge is -2.06. The van der Waals surface area contributed by atoms with Gasteiger partial charge in [-0.25, -0.2) is 0 Å². The Morgan fingerprint density at radius 2 is 1.00 bits per heavy atom. The monoisotopic (exact) mass is 370 g/mol. The van der Waals surface area contributed by atoms with Crippen LogP contribution in [0.1, 0.15) is 22.3 Å². The molecule has 0 aliphatic heterocycles. The Morgan fingerprint density at radius 3 is 1.43 bits per heavy atom. The van der Waals surface area contributed by atoms with Gasteiger partial charge in [0.2, 0.25) is 0 Å². The van der Waals surface area contributed by atoms with E-state index in [4.69, 9.17) is 0 Å². The summed E-state index contributed by atoms with van der Waals surface area (Å²) in [5, 5.41) is 0. The molecule has 0 spiro atoms. The minimum atomic E-state index is 1.33. The van der Waals surface area contributed by atoms with Crippen molar-refractivity contribution in [2.45, 2.75) is 37.5 Å². The second kappa shape index (κ2) is 8.73. The van der Waals surface area contributed by atoms with E-state index in [0.717, 1.165) is 0 Å². The summed E-state index contributed by atoms with van der Waals surface area (Å²) in [6, 6.07) is 13.2. The van der Waals surface area contributed by atoms with Gasteiger partial charge in [0.15, 0.2) is 0 Å². The maximum atomic E-state index is 2.26. The normalized spacial score (nSPS) is 10.9. The van der Waals surface area contributed by atoms with E-state index in [1.807, 2.05) is 51.1 Å². The van der Waals surface area contributed by atoms with E-state index in [-0.39, 0.29) is 0 Å². The fourth-order valence-corrected chi connectivity index (χ4v) is 10.5. The maximum Gasteiger partial charge on any atom is 0.0223 e. The first-order chi connectivity index (χ1) is 10.1. The summed E-state index contributed by atoms with van der Waals surface area (Å²) >= 11 is 0. The molecule has 2 aromatic rings. The molecule has 0 heterocycles. The van der Waals surface area contributed by atoms with Gasteiger partial charge < -0.3 is 0 Å². The van der Waals surface area contributed by atoms with Gasteiger partial charge in [-0.1, -0.05) is 24.3 Å². The molecule has 0 aromatic heterocycles. The molecule has 0 unspecified atom stereocenters. The van der Waals surface area contributed by atoms with Gasteiger partial charge >= 0.3 is 0 Å². The molecule has 0 bridgehead atoms. The van der Waals surface area contributed by atoms with Crippen molar-refractivity contribution in [2.75, 3.05) is 0 Å². The predicted molar refractivity (Wildman–Crippen MR) is 106 cm³/mol. The standard InChI is InChI=1S/C16H18S5/c1-11-5-7-13(3)15(9-11)17-19-21-20-18-16-10-12(2)6-8-14(16)4/h5-10H,1-4H3. The van der Waals surface area contributed by atoms with Crippen LogP contribution in [0, 0.1) is 27.7 Å².